The van der Waals surface area contributed by atoms with E-state index in [0.717, 1.165) is 5.56 Å². The fourth-order valence-corrected chi connectivity index (χ4v) is 5.05. The van der Waals surface area contributed by atoms with Crippen LogP contribution in [0, 0.1) is 5.92 Å². The minimum atomic E-state index is -4.02. The van der Waals surface area contributed by atoms with Crippen LogP contribution in [0.3, 0.4) is 0 Å². The number of carbonyl (C=O) groups is 2. The molecule has 1 aromatic rings. The van der Waals surface area contributed by atoms with Crippen LogP contribution < -0.4 is 0 Å². The summed E-state index contributed by atoms with van der Waals surface area (Å²) in [7, 11) is -4.02. The first kappa shape index (κ1) is 22.4. The molecule has 7 nitrogen and oxygen atoms in total. The van der Waals surface area contributed by atoms with Crippen molar-refractivity contribution in [3.8, 4) is 0 Å². The molecule has 0 saturated carbocycles. The Hall–Kier alpha value is -1.93. The van der Waals surface area contributed by atoms with Crippen LogP contribution in [0.1, 0.15) is 33.3 Å². The van der Waals surface area contributed by atoms with E-state index in [0.29, 0.717) is 13.1 Å². The van der Waals surface area contributed by atoms with Crippen LogP contribution in [-0.2, 0) is 30.6 Å². The molecule has 156 valence electrons. The SMILES string of the molecule is C[C@@H]1CN(C(=O)C(C)(C)S(=O)(=O)CC(Cc2ccccc2)C(=O)O)C[C@H](C)O1. The molecule has 1 N–H and O–H groups in total. The smallest absolute Gasteiger partial charge is 0.307 e. The van der Waals surface area contributed by atoms with Crippen LogP contribution in [0.4, 0.5) is 0 Å². The van der Waals surface area contributed by atoms with Crippen LogP contribution in [0.15, 0.2) is 30.3 Å². The number of rotatable bonds is 7. The number of carbonyl (C=O) groups excluding carboxylic acids is 1. The van der Waals surface area contributed by atoms with E-state index in [1.165, 1.54) is 18.7 Å². The minimum absolute atomic E-state index is 0.0886. The molecule has 3 atom stereocenters. The average Bonchev–Trinajstić information content (AvgIpc) is 2.60. The molecule has 0 aliphatic carbocycles. The third-order valence-corrected chi connectivity index (χ3v) is 7.66. The van der Waals surface area contributed by atoms with Gasteiger partial charge in [-0.25, -0.2) is 8.42 Å². The van der Waals surface area contributed by atoms with Gasteiger partial charge in [0.2, 0.25) is 5.91 Å². The molecule has 28 heavy (non-hydrogen) atoms. The monoisotopic (exact) mass is 411 g/mol. The first-order valence-electron chi connectivity index (χ1n) is 9.38. The number of sulfone groups is 1. The Balaban J connectivity index is 2.19. The van der Waals surface area contributed by atoms with E-state index in [9.17, 15) is 23.1 Å². The van der Waals surface area contributed by atoms with Gasteiger partial charge in [-0.1, -0.05) is 30.3 Å². The fourth-order valence-electron chi connectivity index (χ4n) is 3.45. The molecule has 8 heteroatoms. The number of ether oxygens (including phenoxy) is 1. The summed E-state index contributed by atoms with van der Waals surface area (Å²) in [6.07, 6.45) is -0.280. The lowest BCUT2D eigenvalue weighted by atomic mass is 10.0. The quantitative estimate of drug-likeness (QED) is 0.734. The van der Waals surface area contributed by atoms with Gasteiger partial charge in [0.1, 0.15) is 4.75 Å². The van der Waals surface area contributed by atoms with Crippen molar-refractivity contribution in [2.75, 3.05) is 18.8 Å². The highest BCUT2D eigenvalue weighted by Crippen LogP contribution is 2.26. The van der Waals surface area contributed by atoms with E-state index >= 15 is 0 Å². The lowest BCUT2D eigenvalue weighted by Crippen LogP contribution is -2.57. The van der Waals surface area contributed by atoms with Crippen molar-refractivity contribution >= 4 is 21.7 Å². The van der Waals surface area contributed by atoms with Crippen molar-refractivity contribution in [3.05, 3.63) is 35.9 Å². The zero-order chi connectivity index (χ0) is 21.1. The molecule has 1 saturated heterocycles. The summed E-state index contributed by atoms with van der Waals surface area (Å²) >= 11 is 0. The highest BCUT2D eigenvalue weighted by molar-refractivity contribution is 7.93. The maximum atomic E-state index is 13.1. The Labute approximate surface area is 166 Å². The van der Waals surface area contributed by atoms with Crippen LogP contribution in [0.2, 0.25) is 0 Å². The Kier molecular flexibility index (Phi) is 6.88. The van der Waals surface area contributed by atoms with Crippen molar-refractivity contribution in [1.29, 1.82) is 0 Å². The predicted octanol–water partition coefficient (Wildman–Crippen LogP) is 1.76. The molecule has 2 rings (SSSR count). The lowest BCUT2D eigenvalue weighted by molar-refractivity contribution is -0.145. The molecule has 1 aromatic carbocycles. The topological polar surface area (TPSA) is 101 Å². The van der Waals surface area contributed by atoms with Crippen molar-refractivity contribution < 1.29 is 27.9 Å². The van der Waals surface area contributed by atoms with Crippen LogP contribution >= 0.6 is 0 Å². The van der Waals surface area contributed by atoms with Gasteiger partial charge in [-0.05, 0) is 39.7 Å². The number of hydrogen-bond acceptors (Lipinski definition) is 5. The molecule has 1 heterocycles. The number of morpholine rings is 1. The number of benzene rings is 1. The number of amides is 1. The Bertz CT molecular complexity index is 795. The molecular formula is C20H29NO6S. The molecule has 0 aromatic heterocycles. The van der Waals surface area contributed by atoms with Crippen LogP contribution in [-0.4, -0.2) is 66.1 Å². The Morgan fingerprint density at radius 2 is 1.71 bits per heavy atom. The number of carboxylic acid groups (broad SMARTS) is 1. The maximum absolute atomic E-state index is 13.1. The normalized spacial score (nSPS) is 21.9. The Morgan fingerprint density at radius 1 is 1.18 bits per heavy atom. The molecule has 0 bridgehead atoms. The van der Waals surface area contributed by atoms with E-state index in [1.807, 2.05) is 19.9 Å². The third kappa shape index (κ3) is 5.11. The Morgan fingerprint density at radius 3 is 2.21 bits per heavy atom. The zero-order valence-corrected chi connectivity index (χ0v) is 17.6. The number of aliphatic carboxylic acids is 1. The third-order valence-electron chi connectivity index (χ3n) is 5.09. The summed E-state index contributed by atoms with van der Waals surface area (Å²) in [5, 5.41) is 9.54. The second-order valence-electron chi connectivity index (χ2n) is 7.98. The summed E-state index contributed by atoms with van der Waals surface area (Å²) in [6, 6.07) is 8.88. The molecule has 1 unspecified atom stereocenters. The first-order chi connectivity index (χ1) is 12.9. The lowest BCUT2D eigenvalue weighted by Gasteiger charge is -2.39. The maximum Gasteiger partial charge on any atom is 0.307 e. The fraction of sp³-hybridized carbons (Fsp3) is 0.600. The second-order valence-corrected chi connectivity index (χ2v) is 10.6. The van der Waals surface area contributed by atoms with E-state index in [4.69, 9.17) is 4.74 Å². The number of nitrogens with zero attached hydrogens (tertiary/aromatic N) is 1. The largest absolute Gasteiger partial charge is 0.481 e. The standard InChI is InChI=1S/C20H29NO6S/c1-14-11-21(12-15(2)27-14)19(24)20(3,4)28(25,26)13-17(18(22)23)10-16-8-6-5-7-9-16/h5-9,14-15,17H,10-13H2,1-4H3,(H,22,23)/t14-,15+,17?. The summed E-state index contributed by atoms with van der Waals surface area (Å²) in [6.45, 7) is 7.01. The summed E-state index contributed by atoms with van der Waals surface area (Å²) in [5.74, 6) is -3.42. The van der Waals surface area contributed by atoms with E-state index in [-0.39, 0.29) is 18.6 Å². The van der Waals surface area contributed by atoms with Gasteiger partial charge in [-0.3, -0.25) is 9.59 Å². The van der Waals surface area contributed by atoms with Gasteiger partial charge >= 0.3 is 5.97 Å². The van der Waals surface area contributed by atoms with E-state index in [2.05, 4.69) is 0 Å². The van der Waals surface area contributed by atoms with Crippen molar-refractivity contribution in [1.82, 2.24) is 4.90 Å². The zero-order valence-electron chi connectivity index (χ0n) is 16.8. The molecule has 0 spiro atoms. The van der Waals surface area contributed by atoms with Crippen molar-refractivity contribution in [2.45, 2.75) is 51.1 Å². The van der Waals surface area contributed by atoms with Crippen molar-refractivity contribution in [2.24, 2.45) is 5.92 Å². The van der Waals surface area contributed by atoms with Gasteiger partial charge < -0.3 is 14.7 Å². The average molecular weight is 412 g/mol. The first-order valence-corrected chi connectivity index (χ1v) is 11.0. The molecule has 1 amide bonds. The highest BCUT2D eigenvalue weighted by Gasteiger charge is 2.46. The second kappa shape index (κ2) is 8.61. The summed E-state index contributed by atoms with van der Waals surface area (Å²) in [4.78, 5) is 26.2. The van der Waals surface area contributed by atoms with Crippen molar-refractivity contribution in [3.63, 3.8) is 0 Å². The van der Waals surface area contributed by atoms with Gasteiger partial charge in [0.05, 0.1) is 23.9 Å². The van der Waals surface area contributed by atoms with Gasteiger partial charge in [0.15, 0.2) is 9.84 Å². The van der Waals surface area contributed by atoms with Crippen LogP contribution in [0.5, 0.6) is 0 Å². The van der Waals surface area contributed by atoms with Gasteiger partial charge in [0, 0.05) is 13.1 Å². The molecular weight excluding hydrogens is 382 g/mol. The minimum Gasteiger partial charge on any atom is -0.481 e. The van der Waals surface area contributed by atoms with Gasteiger partial charge in [-0.15, -0.1) is 0 Å². The summed E-state index contributed by atoms with van der Waals surface area (Å²) < 4.78 is 30.0. The molecule has 1 aliphatic rings. The highest BCUT2D eigenvalue weighted by atomic mass is 32.2. The van der Waals surface area contributed by atoms with Gasteiger partial charge in [0.25, 0.3) is 0 Å². The van der Waals surface area contributed by atoms with Crippen LogP contribution in [0.25, 0.3) is 0 Å². The molecule has 0 radical (unpaired) electrons. The predicted molar refractivity (Wildman–Crippen MR) is 106 cm³/mol. The van der Waals surface area contributed by atoms with E-state index in [1.54, 1.807) is 24.3 Å². The summed E-state index contributed by atoms with van der Waals surface area (Å²) in [5.41, 5.74) is 0.741. The molecule has 1 fully saturated rings. The number of carboxylic acids is 1. The van der Waals surface area contributed by atoms with E-state index < -0.39 is 38.1 Å². The van der Waals surface area contributed by atoms with Gasteiger partial charge in [-0.2, -0.15) is 0 Å². The molecule has 1 aliphatic heterocycles. The number of hydrogen-bond donors (Lipinski definition) is 1.